The molecule has 1 aliphatic rings. The minimum atomic E-state index is -0.710. The largest absolute Gasteiger partial charge is 0.481 e. The number of carboxylic acid groups (broad SMARTS) is 1. The van der Waals surface area contributed by atoms with Gasteiger partial charge in [-0.1, -0.05) is 31.2 Å². The van der Waals surface area contributed by atoms with Gasteiger partial charge < -0.3 is 5.11 Å². The Morgan fingerprint density at radius 1 is 1.47 bits per heavy atom. The van der Waals surface area contributed by atoms with Crippen molar-refractivity contribution in [3.05, 3.63) is 35.4 Å². The normalized spacial score (nSPS) is 19.9. The minimum absolute atomic E-state index is 0.235. The maximum Gasteiger partial charge on any atom is 0.304 e. The highest BCUT2D eigenvalue weighted by Crippen LogP contribution is 2.31. The zero-order valence-electron chi connectivity index (χ0n) is 10.2. The van der Waals surface area contributed by atoms with Gasteiger partial charge in [-0.25, -0.2) is 0 Å². The number of carbonyl (C=O) groups is 1. The van der Waals surface area contributed by atoms with E-state index in [2.05, 4.69) is 36.1 Å². The molecular formula is C14H19NO2. The van der Waals surface area contributed by atoms with E-state index in [1.54, 1.807) is 0 Å². The van der Waals surface area contributed by atoms with Crippen molar-refractivity contribution in [1.82, 2.24) is 4.90 Å². The fourth-order valence-corrected chi connectivity index (χ4v) is 2.69. The van der Waals surface area contributed by atoms with E-state index in [0.29, 0.717) is 12.6 Å². The second kappa shape index (κ2) is 5.32. The molecular weight excluding hydrogens is 214 g/mol. The molecule has 0 spiro atoms. The van der Waals surface area contributed by atoms with Crippen LogP contribution < -0.4 is 0 Å². The van der Waals surface area contributed by atoms with Crippen LogP contribution in [0.4, 0.5) is 0 Å². The first-order valence-electron chi connectivity index (χ1n) is 6.26. The highest BCUT2D eigenvalue weighted by Gasteiger charge is 2.25. The first-order valence-corrected chi connectivity index (χ1v) is 6.26. The quantitative estimate of drug-likeness (QED) is 0.868. The molecule has 0 unspecified atom stereocenters. The molecule has 1 aromatic rings. The van der Waals surface area contributed by atoms with Crippen LogP contribution in [0.5, 0.6) is 0 Å². The van der Waals surface area contributed by atoms with Gasteiger partial charge in [0.05, 0.1) is 6.42 Å². The summed E-state index contributed by atoms with van der Waals surface area (Å²) in [6, 6.07) is 8.91. The molecule has 3 nitrogen and oxygen atoms in total. The van der Waals surface area contributed by atoms with E-state index in [9.17, 15) is 4.79 Å². The molecule has 92 valence electrons. The van der Waals surface area contributed by atoms with Crippen LogP contribution in [0.15, 0.2) is 24.3 Å². The molecule has 0 aromatic heterocycles. The Hall–Kier alpha value is -1.35. The molecule has 1 aromatic carbocycles. The molecule has 0 saturated carbocycles. The molecule has 1 atom stereocenters. The van der Waals surface area contributed by atoms with Gasteiger partial charge in [-0.3, -0.25) is 9.69 Å². The molecule has 0 fully saturated rings. The Morgan fingerprint density at radius 3 is 2.94 bits per heavy atom. The number of carboxylic acids is 1. The molecule has 0 bridgehead atoms. The SMILES string of the molecule is CC[C@H]1c2ccccc2CCN1CCC(=O)O. The Kier molecular flexibility index (Phi) is 3.79. The van der Waals surface area contributed by atoms with Crippen LogP contribution in [0.1, 0.15) is 36.9 Å². The van der Waals surface area contributed by atoms with Crippen LogP contribution in [-0.4, -0.2) is 29.1 Å². The Bertz CT molecular complexity index is 403. The lowest BCUT2D eigenvalue weighted by Gasteiger charge is -2.36. The smallest absolute Gasteiger partial charge is 0.304 e. The van der Waals surface area contributed by atoms with Crippen molar-refractivity contribution in [2.45, 2.75) is 32.2 Å². The van der Waals surface area contributed by atoms with E-state index in [1.165, 1.54) is 11.1 Å². The summed E-state index contributed by atoms with van der Waals surface area (Å²) in [7, 11) is 0. The predicted octanol–water partition coefficient (Wildman–Crippen LogP) is 2.47. The molecule has 0 aliphatic carbocycles. The van der Waals surface area contributed by atoms with Gasteiger partial charge >= 0.3 is 5.97 Å². The fourth-order valence-electron chi connectivity index (χ4n) is 2.69. The van der Waals surface area contributed by atoms with Crippen molar-refractivity contribution in [1.29, 1.82) is 0 Å². The van der Waals surface area contributed by atoms with Crippen molar-refractivity contribution in [2.75, 3.05) is 13.1 Å². The van der Waals surface area contributed by atoms with Crippen molar-refractivity contribution in [2.24, 2.45) is 0 Å². The first kappa shape index (κ1) is 12.1. The van der Waals surface area contributed by atoms with Gasteiger partial charge in [0.15, 0.2) is 0 Å². The molecule has 1 aliphatic heterocycles. The summed E-state index contributed by atoms with van der Waals surface area (Å²) in [6.07, 6.45) is 2.31. The summed E-state index contributed by atoms with van der Waals surface area (Å²) in [5, 5.41) is 8.77. The summed E-state index contributed by atoms with van der Waals surface area (Å²) >= 11 is 0. The summed E-state index contributed by atoms with van der Waals surface area (Å²) in [5.74, 6) is -0.710. The molecule has 17 heavy (non-hydrogen) atoms. The summed E-state index contributed by atoms with van der Waals surface area (Å²) in [5.41, 5.74) is 2.80. The third-order valence-corrected chi connectivity index (χ3v) is 3.52. The van der Waals surface area contributed by atoms with Gasteiger partial charge in [0.2, 0.25) is 0 Å². The Balaban J connectivity index is 2.14. The van der Waals surface area contributed by atoms with Crippen LogP contribution in [-0.2, 0) is 11.2 Å². The number of hydrogen-bond acceptors (Lipinski definition) is 2. The second-order valence-corrected chi connectivity index (χ2v) is 4.55. The van der Waals surface area contributed by atoms with Gasteiger partial charge in [-0.2, -0.15) is 0 Å². The van der Waals surface area contributed by atoms with Crippen molar-refractivity contribution in [3.63, 3.8) is 0 Å². The summed E-state index contributed by atoms with van der Waals surface area (Å²) < 4.78 is 0. The average molecular weight is 233 g/mol. The average Bonchev–Trinajstić information content (AvgIpc) is 2.35. The van der Waals surface area contributed by atoms with E-state index < -0.39 is 5.97 Å². The van der Waals surface area contributed by atoms with E-state index in [0.717, 1.165) is 19.4 Å². The summed E-state index contributed by atoms with van der Waals surface area (Å²) in [6.45, 7) is 3.80. The van der Waals surface area contributed by atoms with Crippen LogP contribution in [0.3, 0.4) is 0 Å². The van der Waals surface area contributed by atoms with Gasteiger partial charge in [0, 0.05) is 19.1 Å². The van der Waals surface area contributed by atoms with E-state index >= 15 is 0 Å². The van der Waals surface area contributed by atoms with Crippen molar-refractivity contribution >= 4 is 5.97 Å². The van der Waals surface area contributed by atoms with Gasteiger partial charge in [0.25, 0.3) is 0 Å². The fraction of sp³-hybridized carbons (Fsp3) is 0.500. The highest BCUT2D eigenvalue weighted by molar-refractivity contribution is 5.66. The number of hydrogen-bond donors (Lipinski definition) is 1. The molecule has 0 amide bonds. The van der Waals surface area contributed by atoms with Crippen LogP contribution in [0.2, 0.25) is 0 Å². The topological polar surface area (TPSA) is 40.5 Å². The zero-order chi connectivity index (χ0) is 12.3. The van der Waals surface area contributed by atoms with E-state index in [-0.39, 0.29) is 6.42 Å². The highest BCUT2D eigenvalue weighted by atomic mass is 16.4. The first-order chi connectivity index (χ1) is 8.22. The van der Waals surface area contributed by atoms with Crippen molar-refractivity contribution in [3.8, 4) is 0 Å². The third kappa shape index (κ3) is 2.67. The predicted molar refractivity (Wildman–Crippen MR) is 67.0 cm³/mol. The van der Waals surface area contributed by atoms with Crippen molar-refractivity contribution < 1.29 is 9.90 Å². The minimum Gasteiger partial charge on any atom is -0.481 e. The van der Waals surface area contributed by atoms with Gasteiger partial charge in [-0.05, 0) is 24.0 Å². The number of aliphatic carboxylic acids is 1. The van der Waals surface area contributed by atoms with E-state index in [4.69, 9.17) is 5.11 Å². The van der Waals surface area contributed by atoms with E-state index in [1.807, 2.05) is 0 Å². The molecule has 1 N–H and O–H groups in total. The Morgan fingerprint density at radius 2 is 2.24 bits per heavy atom. The Labute approximate surface area is 102 Å². The molecule has 3 heteroatoms. The van der Waals surface area contributed by atoms with Crippen LogP contribution in [0.25, 0.3) is 0 Å². The molecule has 1 heterocycles. The van der Waals surface area contributed by atoms with Gasteiger partial charge in [-0.15, -0.1) is 0 Å². The monoisotopic (exact) mass is 233 g/mol. The third-order valence-electron chi connectivity index (χ3n) is 3.52. The van der Waals surface area contributed by atoms with Crippen LogP contribution in [0, 0.1) is 0 Å². The summed E-state index contributed by atoms with van der Waals surface area (Å²) in [4.78, 5) is 13.0. The van der Waals surface area contributed by atoms with Gasteiger partial charge in [0.1, 0.15) is 0 Å². The lowest BCUT2D eigenvalue weighted by Crippen LogP contribution is -2.36. The number of benzene rings is 1. The number of fused-ring (bicyclic) bond motifs is 1. The standard InChI is InChI=1S/C14H19NO2/c1-2-13-12-6-4-3-5-11(12)7-9-15(13)10-8-14(16)17/h3-6,13H,2,7-10H2,1H3,(H,16,17)/t13-/m0/s1. The molecule has 0 radical (unpaired) electrons. The number of rotatable bonds is 4. The zero-order valence-corrected chi connectivity index (χ0v) is 10.2. The van der Waals surface area contributed by atoms with Crippen LogP contribution >= 0.6 is 0 Å². The maximum absolute atomic E-state index is 10.7. The second-order valence-electron chi connectivity index (χ2n) is 4.55. The molecule has 0 saturated heterocycles. The lowest BCUT2D eigenvalue weighted by molar-refractivity contribution is -0.137. The number of nitrogens with zero attached hydrogens (tertiary/aromatic N) is 1. The lowest BCUT2D eigenvalue weighted by atomic mass is 9.91. The maximum atomic E-state index is 10.7. The molecule has 2 rings (SSSR count).